The molecule has 0 saturated carbocycles. The molecule has 3 aromatic carbocycles. The second-order valence-electron chi connectivity index (χ2n) is 7.10. The first kappa shape index (κ1) is 16.6. The van der Waals surface area contributed by atoms with Gasteiger partial charge in [-0.1, -0.05) is 80.6 Å². The van der Waals surface area contributed by atoms with Crippen LogP contribution in [0.1, 0.15) is 53.8 Å². The average molecular weight is 342 g/mol. The smallest absolute Gasteiger partial charge is 0.170 e. The zero-order valence-corrected chi connectivity index (χ0v) is 15.1. The van der Waals surface area contributed by atoms with Gasteiger partial charge in [-0.15, -0.1) is 0 Å². The number of benzene rings is 3. The maximum atomic E-state index is 12.7. The molecule has 1 aliphatic rings. The fraction of sp³-hybridized carbons (Fsp3) is 0.208. The van der Waals surface area contributed by atoms with E-state index in [1.807, 2.05) is 48.5 Å². The summed E-state index contributed by atoms with van der Waals surface area (Å²) in [4.78, 5) is 12.7. The fourth-order valence-corrected chi connectivity index (χ4v) is 3.47. The minimum Gasteiger partial charge on any atom is -0.484 e. The maximum absolute atomic E-state index is 12.7. The number of carbonyl (C=O) groups is 1. The number of hydrogen-bond acceptors (Lipinski definition) is 2. The van der Waals surface area contributed by atoms with Gasteiger partial charge in [0.1, 0.15) is 11.9 Å². The van der Waals surface area contributed by atoms with Crippen molar-refractivity contribution < 1.29 is 9.53 Å². The molecule has 2 nitrogen and oxygen atoms in total. The molecule has 0 saturated heterocycles. The van der Waals surface area contributed by atoms with Gasteiger partial charge >= 0.3 is 0 Å². The Bertz CT molecular complexity index is 924. The van der Waals surface area contributed by atoms with Gasteiger partial charge in [0, 0.05) is 5.56 Å². The molecule has 0 N–H and O–H groups in total. The number of carbonyl (C=O) groups excluding carboxylic acids is 1. The molecule has 0 fully saturated rings. The molecular formula is C24H22O2. The summed E-state index contributed by atoms with van der Waals surface area (Å²) in [7, 11) is 0. The van der Waals surface area contributed by atoms with Crippen LogP contribution in [-0.4, -0.2) is 5.78 Å². The molecule has 3 aromatic rings. The highest BCUT2D eigenvalue weighted by molar-refractivity contribution is 6.02. The molecule has 1 heterocycles. The lowest BCUT2D eigenvalue weighted by Gasteiger charge is -2.27. The van der Waals surface area contributed by atoms with Crippen molar-refractivity contribution in [2.45, 2.75) is 32.3 Å². The summed E-state index contributed by atoms with van der Waals surface area (Å²) >= 11 is 0. The lowest BCUT2D eigenvalue weighted by Crippen LogP contribution is -2.20. The molecule has 4 rings (SSSR count). The molecule has 0 radical (unpaired) electrons. The van der Waals surface area contributed by atoms with Crippen LogP contribution >= 0.6 is 0 Å². The molecular weight excluding hydrogens is 320 g/mol. The summed E-state index contributed by atoms with van der Waals surface area (Å²) < 4.78 is 6.33. The fourth-order valence-electron chi connectivity index (χ4n) is 3.47. The van der Waals surface area contributed by atoms with E-state index in [9.17, 15) is 4.79 Å². The highest BCUT2D eigenvalue weighted by atomic mass is 16.5. The van der Waals surface area contributed by atoms with Crippen molar-refractivity contribution in [3.8, 4) is 16.9 Å². The number of ether oxygens (including phenoxy) is 1. The Balaban J connectivity index is 1.75. The predicted molar refractivity (Wildman–Crippen MR) is 105 cm³/mol. The Labute approximate surface area is 154 Å². The van der Waals surface area contributed by atoms with Crippen molar-refractivity contribution in [3.63, 3.8) is 0 Å². The second kappa shape index (κ2) is 6.80. The van der Waals surface area contributed by atoms with E-state index in [0.717, 1.165) is 16.7 Å². The number of hydrogen-bond donors (Lipinski definition) is 0. The Hall–Kier alpha value is -2.87. The molecule has 0 amide bonds. The topological polar surface area (TPSA) is 26.3 Å². The first-order chi connectivity index (χ1) is 12.6. The number of ketones is 1. The van der Waals surface area contributed by atoms with Crippen LogP contribution in [0.15, 0.2) is 72.8 Å². The Kier molecular flexibility index (Phi) is 4.34. The largest absolute Gasteiger partial charge is 0.484 e. The van der Waals surface area contributed by atoms with Crippen LogP contribution in [0.2, 0.25) is 0 Å². The van der Waals surface area contributed by atoms with Gasteiger partial charge in [-0.2, -0.15) is 0 Å². The van der Waals surface area contributed by atoms with Crippen LogP contribution in [0.4, 0.5) is 0 Å². The van der Waals surface area contributed by atoms with Gasteiger partial charge in [-0.05, 0) is 28.7 Å². The summed E-state index contributed by atoms with van der Waals surface area (Å²) in [6.07, 6.45) is 0.152. The third-order valence-electron chi connectivity index (χ3n) is 5.01. The lowest BCUT2D eigenvalue weighted by molar-refractivity contribution is 0.0851. The summed E-state index contributed by atoms with van der Waals surface area (Å²) in [5.74, 6) is 1.34. The van der Waals surface area contributed by atoms with Gasteiger partial charge in [0.25, 0.3) is 0 Å². The highest BCUT2D eigenvalue weighted by Gasteiger charge is 2.29. The molecule has 130 valence electrons. The Morgan fingerprint density at radius 3 is 2.23 bits per heavy atom. The van der Waals surface area contributed by atoms with Crippen LogP contribution in [0, 0.1) is 0 Å². The molecule has 0 spiro atoms. The van der Waals surface area contributed by atoms with Gasteiger partial charge in [0.05, 0.1) is 12.0 Å². The van der Waals surface area contributed by atoms with Crippen molar-refractivity contribution >= 4 is 5.78 Å². The number of para-hydroxylation sites is 1. The van der Waals surface area contributed by atoms with Gasteiger partial charge in [0.2, 0.25) is 0 Å². The van der Waals surface area contributed by atoms with Crippen molar-refractivity contribution in [2.75, 3.05) is 0 Å². The third-order valence-corrected chi connectivity index (χ3v) is 5.01. The van der Waals surface area contributed by atoms with Crippen LogP contribution in [0.5, 0.6) is 5.75 Å². The number of Topliss-reactive ketones (excluding diaryl/α,β-unsaturated/α-hetero) is 1. The predicted octanol–water partition coefficient (Wildman–Crippen LogP) is 6.18. The standard InChI is InChI=1S/C24H22O2/c1-16(2)17-11-13-18(14-12-17)20-9-6-10-21-22(25)15-23(26-24(20)21)19-7-4-3-5-8-19/h3-14,16,23H,15H2,1-2H3. The first-order valence-electron chi connectivity index (χ1n) is 9.11. The molecule has 0 aromatic heterocycles. The van der Waals surface area contributed by atoms with E-state index >= 15 is 0 Å². The SMILES string of the molecule is CC(C)c1ccc(-c2cccc3c2OC(c2ccccc2)CC3=O)cc1. The third kappa shape index (κ3) is 3.03. The van der Waals surface area contributed by atoms with E-state index in [-0.39, 0.29) is 11.9 Å². The zero-order chi connectivity index (χ0) is 18.1. The summed E-state index contributed by atoms with van der Waals surface area (Å²) in [5, 5.41) is 0. The van der Waals surface area contributed by atoms with E-state index in [4.69, 9.17) is 4.74 Å². The van der Waals surface area contributed by atoms with Crippen LogP contribution in [0.3, 0.4) is 0 Å². The van der Waals surface area contributed by atoms with E-state index in [2.05, 4.69) is 38.1 Å². The quantitative estimate of drug-likeness (QED) is 0.568. The van der Waals surface area contributed by atoms with Gasteiger partial charge in [-0.25, -0.2) is 0 Å². The lowest BCUT2D eigenvalue weighted by atomic mass is 9.92. The first-order valence-corrected chi connectivity index (χ1v) is 9.11. The van der Waals surface area contributed by atoms with Crippen LogP contribution in [-0.2, 0) is 0 Å². The van der Waals surface area contributed by atoms with Gasteiger partial charge in [0.15, 0.2) is 5.78 Å². The van der Waals surface area contributed by atoms with Crippen LogP contribution < -0.4 is 4.74 Å². The average Bonchev–Trinajstić information content (AvgIpc) is 2.68. The van der Waals surface area contributed by atoms with E-state index in [0.29, 0.717) is 23.7 Å². The van der Waals surface area contributed by atoms with E-state index < -0.39 is 0 Å². The molecule has 26 heavy (non-hydrogen) atoms. The monoisotopic (exact) mass is 342 g/mol. The molecule has 2 heteroatoms. The minimum atomic E-state index is -0.229. The summed E-state index contributed by atoms with van der Waals surface area (Å²) in [6.45, 7) is 4.37. The van der Waals surface area contributed by atoms with Crippen molar-refractivity contribution in [3.05, 3.63) is 89.5 Å². The molecule has 1 atom stereocenters. The molecule has 1 aliphatic heterocycles. The molecule has 0 bridgehead atoms. The second-order valence-corrected chi connectivity index (χ2v) is 7.10. The normalized spacial score (nSPS) is 16.3. The van der Waals surface area contributed by atoms with Crippen LogP contribution in [0.25, 0.3) is 11.1 Å². The molecule has 1 unspecified atom stereocenters. The van der Waals surface area contributed by atoms with Gasteiger partial charge in [-0.3, -0.25) is 4.79 Å². The molecule has 0 aliphatic carbocycles. The minimum absolute atomic E-state index is 0.140. The van der Waals surface area contributed by atoms with Crippen molar-refractivity contribution in [2.24, 2.45) is 0 Å². The zero-order valence-electron chi connectivity index (χ0n) is 15.1. The number of fused-ring (bicyclic) bond motifs is 1. The number of rotatable bonds is 3. The van der Waals surface area contributed by atoms with Crippen molar-refractivity contribution in [1.82, 2.24) is 0 Å². The van der Waals surface area contributed by atoms with E-state index in [1.165, 1.54) is 5.56 Å². The van der Waals surface area contributed by atoms with E-state index in [1.54, 1.807) is 0 Å². The Morgan fingerprint density at radius 1 is 0.846 bits per heavy atom. The summed E-state index contributed by atoms with van der Waals surface area (Å²) in [6, 6.07) is 24.3. The summed E-state index contributed by atoms with van der Waals surface area (Å²) in [5.41, 5.74) is 5.08. The maximum Gasteiger partial charge on any atom is 0.170 e. The Morgan fingerprint density at radius 2 is 1.54 bits per heavy atom. The van der Waals surface area contributed by atoms with Crippen molar-refractivity contribution in [1.29, 1.82) is 0 Å². The highest BCUT2D eigenvalue weighted by Crippen LogP contribution is 2.41. The van der Waals surface area contributed by atoms with Gasteiger partial charge < -0.3 is 4.74 Å².